The van der Waals surface area contributed by atoms with Crippen LogP contribution in [0.1, 0.15) is 44.3 Å². The molecule has 2 aromatic rings. The smallest absolute Gasteiger partial charge is 0.191 e. The normalized spacial score (nSPS) is 15.3. The van der Waals surface area contributed by atoms with Crippen molar-refractivity contribution in [3.8, 4) is 17.1 Å². The van der Waals surface area contributed by atoms with Crippen LogP contribution >= 0.6 is 0 Å². The third-order valence-electron chi connectivity index (χ3n) is 5.05. The van der Waals surface area contributed by atoms with Gasteiger partial charge in [0.15, 0.2) is 11.8 Å². The second-order valence-electron chi connectivity index (χ2n) is 7.17. The van der Waals surface area contributed by atoms with Crippen LogP contribution in [-0.2, 0) is 11.3 Å². The van der Waals surface area contributed by atoms with Crippen LogP contribution in [0.3, 0.4) is 0 Å². The van der Waals surface area contributed by atoms with Crippen molar-refractivity contribution in [1.82, 2.24) is 25.8 Å². The van der Waals surface area contributed by atoms with E-state index >= 15 is 0 Å². The minimum Gasteiger partial charge on any atom is -0.497 e. The molecule has 0 saturated heterocycles. The molecule has 1 aliphatic rings. The van der Waals surface area contributed by atoms with E-state index in [1.165, 1.54) is 32.1 Å². The van der Waals surface area contributed by atoms with E-state index in [0.29, 0.717) is 18.5 Å². The maximum absolute atomic E-state index is 5.96. The van der Waals surface area contributed by atoms with Gasteiger partial charge >= 0.3 is 0 Å². The van der Waals surface area contributed by atoms with Crippen LogP contribution < -0.4 is 15.4 Å². The first-order chi connectivity index (χ1) is 14.3. The second-order valence-corrected chi connectivity index (χ2v) is 7.17. The summed E-state index contributed by atoms with van der Waals surface area (Å²) < 4.78 is 11.1. The summed E-state index contributed by atoms with van der Waals surface area (Å²) in [6.45, 7) is 2.13. The number of nitrogens with one attached hydrogen (secondary N) is 3. The molecule has 29 heavy (non-hydrogen) atoms. The largest absolute Gasteiger partial charge is 0.497 e. The molecule has 158 valence electrons. The Morgan fingerprint density at radius 2 is 1.97 bits per heavy atom. The van der Waals surface area contributed by atoms with Crippen LogP contribution in [0.25, 0.3) is 11.4 Å². The van der Waals surface area contributed by atoms with Crippen LogP contribution in [0.15, 0.2) is 29.3 Å². The number of aliphatic imine (C=N–C) groups is 1. The molecule has 0 aliphatic heterocycles. The van der Waals surface area contributed by atoms with Crippen molar-refractivity contribution in [3.05, 3.63) is 30.1 Å². The van der Waals surface area contributed by atoms with Gasteiger partial charge in [0.25, 0.3) is 0 Å². The first-order valence-electron chi connectivity index (χ1n) is 10.4. The Morgan fingerprint density at radius 3 is 2.69 bits per heavy atom. The van der Waals surface area contributed by atoms with Crippen molar-refractivity contribution >= 4 is 5.96 Å². The number of nitrogens with zero attached hydrogens (tertiary/aromatic N) is 3. The van der Waals surface area contributed by atoms with Crippen LogP contribution in [0.5, 0.6) is 5.75 Å². The molecule has 0 spiro atoms. The molecule has 1 heterocycles. The minimum atomic E-state index is 0.465. The van der Waals surface area contributed by atoms with Crippen molar-refractivity contribution in [2.24, 2.45) is 4.99 Å². The monoisotopic (exact) mass is 400 g/mol. The number of hydrogen-bond donors (Lipinski definition) is 3. The quantitative estimate of drug-likeness (QED) is 0.340. The number of rotatable bonds is 9. The summed E-state index contributed by atoms with van der Waals surface area (Å²) in [6.07, 6.45) is 7.83. The van der Waals surface area contributed by atoms with Crippen molar-refractivity contribution < 1.29 is 9.47 Å². The molecule has 0 atom stereocenters. The van der Waals surface area contributed by atoms with Gasteiger partial charge in [0, 0.05) is 25.8 Å². The fourth-order valence-corrected chi connectivity index (χ4v) is 3.39. The first kappa shape index (κ1) is 21.1. The molecule has 8 heteroatoms. The van der Waals surface area contributed by atoms with Gasteiger partial charge in [-0.05, 0) is 43.5 Å². The number of aromatic nitrogens is 3. The average Bonchev–Trinajstić information content (AvgIpc) is 3.25. The Labute approximate surface area is 172 Å². The van der Waals surface area contributed by atoms with E-state index in [1.807, 2.05) is 24.3 Å². The maximum atomic E-state index is 5.96. The van der Waals surface area contributed by atoms with Crippen LogP contribution in [0.2, 0.25) is 0 Å². The molecule has 0 amide bonds. The zero-order chi connectivity index (χ0) is 20.3. The Bertz CT molecular complexity index is 753. The van der Waals surface area contributed by atoms with Gasteiger partial charge in [-0.15, -0.1) is 0 Å². The summed E-state index contributed by atoms with van der Waals surface area (Å²) in [5, 5.41) is 13.8. The maximum Gasteiger partial charge on any atom is 0.191 e. The van der Waals surface area contributed by atoms with E-state index < -0.39 is 0 Å². The highest BCUT2D eigenvalue weighted by Crippen LogP contribution is 2.20. The SMILES string of the molecule is CN=C(NCCCOC1CCCCC1)NCc1nc(-c2ccc(OC)cc2)n[nH]1. The lowest BCUT2D eigenvalue weighted by molar-refractivity contribution is 0.0277. The molecule has 3 rings (SSSR count). The standard InChI is InChI=1S/C21H32N6O2/c1-22-21(23-13-6-14-29-18-7-4-3-5-8-18)24-15-19-25-20(27-26-19)16-9-11-17(28-2)12-10-16/h9-12,18H,3-8,13-15H2,1-2H3,(H2,22,23,24)(H,25,26,27). The highest BCUT2D eigenvalue weighted by Gasteiger charge is 2.13. The third-order valence-corrected chi connectivity index (χ3v) is 5.05. The molecule has 1 fully saturated rings. The van der Waals surface area contributed by atoms with Crippen LogP contribution in [0, 0.1) is 0 Å². The van der Waals surface area contributed by atoms with Crippen LogP contribution in [0.4, 0.5) is 0 Å². The van der Waals surface area contributed by atoms with E-state index in [4.69, 9.17) is 9.47 Å². The van der Waals surface area contributed by atoms with Crippen molar-refractivity contribution in [2.75, 3.05) is 27.3 Å². The van der Waals surface area contributed by atoms with E-state index in [9.17, 15) is 0 Å². The molecule has 1 saturated carbocycles. The Hall–Kier alpha value is -2.61. The summed E-state index contributed by atoms with van der Waals surface area (Å²) in [5.74, 6) is 2.96. The van der Waals surface area contributed by atoms with E-state index in [1.54, 1.807) is 14.2 Å². The molecule has 0 unspecified atom stereocenters. The second kappa shape index (κ2) is 11.4. The summed E-state index contributed by atoms with van der Waals surface area (Å²) in [7, 11) is 3.41. The molecule has 1 aromatic heterocycles. The van der Waals surface area contributed by atoms with Gasteiger partial charge in [-0.2, -0.15) is 5.10 Å². The third kappa shape index (κ3) is 6.74. The Balaban J connectivity index is 1.36. The fraction of sp³-hybridized carbons (Fsp3) is 0.571. The first-order valence-corrected chi connectivity index (χ1v) is 10.4. The number of aromatic amines is 1. The molecule has 0 radical (unpaired) electrons. The number of H-pyrrole nitrogens is 1. The van der Waals surface area contributed by atoms with Gasteiger partial charge in [0.2, 0.25) is 0 Å². The van der Waals surface area contributed by atoms with Crippen molar-refractivity contribution in [1.29, 1.82) is 0 Å². The zero-order valence-corrected chi connectivity index (χ0v) is 17.4. The summed E-state index contributed by atoms with van der Waals surface area (Å²) >= 11 is 0. The lowest BCUT2D eigenvalue weighted by Crippen LogP contribution is -2.38. The molecule has 1 aromatic carbocycles. The summed E-state index contributed by atoms with van der Waals surface area (Å²) in [4.78, 5) is 8.78. The Kier molecular flexibility index (Phi) is 8.30. The van der Waals surface area contributed by atoms with Gasteiger partial charge in [0.05, 0.1) is 19.8 Å². The van der Waals surface area contributed by atoms with E-state index in [2.05, 4.69) is 30.8 Å². The molecular formula is C21H32N6O2. The predicted molar refractivity (Wildman–Crippen MR) is 114 cm³/mol. The van der Waals surface area contributed by atoms with Crippen molar-refractivity contribution in [3.63, 3.8) is 0 Å². The number of benzene rings is 1. The molecular weight excluding hydrogens is 368 g/mol. The average molecular weight is 401 g/mol. The molecule has 8 nitrogen and oxygen atoms in total. The molecule has 0 bridgehead atoms. The zero-order valence-electron chi connectivity index (χ0n) is 17.4. The fourth-order valence-electron chi connectivity index (χ4n) is 3.39. The minimum absolute atomic E-state index is 0.465. The molecule has 3 N–H and O–H groups in total. The number of ether oxygens (including phenoxy) is 2. The molecule has 1 aliphatic carbocycles. The number of guanidine groups is 1. The van der Waals surface area contributed by atoms with Gasteiger partial charge in [-0.25, -0.2) is 4.98 Å². The lowest BCUT2D eigenvalue weighted by atomic mass is 9.98. The highest BCUT2D eigenvalue weighted by molar-refractivity contribution is 5.79. The summed E-state index contributed by atoms with van der Waals surface area (Å²) in [5.41, 5.74) is 0.939. The van der Waals surface area contributed by atoms with Gasteiger partial charge in [-0.3, -0.25) is 10.1 Å². The number of hydrogen-bond acceptors (Lipinski definition) is 5. The topological polar surface area (TPSA) is 96.5 Å². The van der Waals surface area contributed by atoms with Crippen LogP contribution in [-0.4, -0.2) is 54.6 Å². The van der Waals surface area contributed by atoms with E-state index in [0.717, 1.165) is 42.7 Å². The predicted octanol–water partition coefficient (Wildman–Crippen LogP) is 2.88. The van der Waals surface area contributed by atoms with E-state index in [-0.39, 0.29) is 0 Å². The highest BCUT2D eigenvalue weighted by atomic mass is 16.5. The van der Waals surface area contributed by atoms with Gasteiger partial charge in [0.1, 0.15) is 11.6 Å². The number of methoxy groups -OCH3 is 1. The van der Waals surface area contributed by atoms with Crippen molar-refractivity contribution in [2.45, 2.75) is 51.2 Å². The summed E-state index contributed by atoms with van der Waals surface area (Å²) in [6, 6.07) is 7.67. The van der Waals surface area contributed by atoms with Gasteiger partial charge in [-0.1, -0.05) is 19.3 Å². The Morgan fingerprint density at radius 1 is 1.17 bits per heavy atom. The lowest BCUT2D eigenvalue weighted by Gasteiger charge is -2.22. The van der Waals surface area contributed by atoms with Gasteiger partial charge < -0.3 is 20.1 Å².